The maximum atomic E-state index is 12.4. The fraction of sp³-hybridized carbons (Fsp3) is 0.900. The molecule has 3 nitrogen and oxygen atoms in total. The van der Waals surface area contributed by atoms with Crippen LogP contribution in [0, 0.1) is 11.8 Å². The molecule has 0 spiro atoms. The highest BCUT2D eigenvalue weighted by Gasteiger charge is 2.45. The van der Waals surface area contributed by atoms with Crippen LogP contribution in [0.4, 0.5) is 13.2 Å². The molecule has 0 aliphatic carbocycles. The van der Waals surface area contributed by atoms with Crippen LogP contribution < -0.4 is 5.73 Å². The number of esters is 1. The van der Waals surface area contributed by atoms with Crippen LogP contribution in [-0.2, 0) is 9.53 Å². The van der Waals surface area contributed by atoms with E-state index in [4.69, 9.17) is 5.73 Å². The van der Waals surface area contributed by atoms with E-state index in [2.05, 4.69) is 4.74 Å². The Kier molecular flexibility index (Phi) is 5.78. The summed E-state index contributed by atoms with van der Waals surface area (Å²) in [6.07, 6.45) is -4.51. The van der Waals surface area contributed by atoms with E-state index in [1.165, 1.54) is 0 Å². The molecule has 0 unspecified atom stereocenters. The number of halogens is 3. The molecule has 0 aliphatic rings. The Bertz CT molecular complexity index is 229. The molecule has 0 heterocycles. The average molecular weight is 241 g/mol. The fourth-order valence-corrected chi connectivity index (χ4v) is 1.37. The van der Waals surface area contributed by atoms with Crippen molar-refractivity contribution >= 4 is 5.97 Å². The summed E-state index contributed by atoms with van der Waals surface area (Å²) in [6, 6.07) is -2.16. The number of ether oxygens (including phenoxy) is 1. The minimum Gasteiger partial charge on any atom is -0.466 e. The molecule has 16 heavy (non-hydrogen) atoms. The minimum atomic E-state index is -4.58. The molecule has 2 atom stereocenters. The molecule has 0 fully saturated rings. The van der Waals surface area contributed by atoms with E-state index in [0.29, 0.717) is 0 Å². The van der Waals surface area contributed by atoms with Gasteiger partial charge in [-0.2, -0.15) is 13.2 Å². The van der Waals surface area contributed by atoms with E-state index < -0.39 is 24.1 Å². The number of rotatable bonds is 5. The lowest BCUT2D eigenvalue weighted by Gasteiger charge is -2.25. The first-order valence-corrected chi connectivity index (χ1v) is 5.19. The van der Waals surface area contributed by atoms with Gasteiger partial charge in [-0.3, -0.25) is 4.79 Å². The second-order valence-electron chi connectivity index (χ2n) is 4.06. The van der Waals surface area contributed by atoms with Crippen molar-refractivity contribution < 1.29 is 22.7 Å². The Morgan fingerprint density at radius 2 is 1.88 bits per heavy atom. The van der Waals surface area contributed by atoms with Gasteiger partial charge < -0.3 is 10.5 Å². The molecular weight excluding hydrogens is 223 g/mol. The highest BCUT2D eigenvalue weighted by atomic mass is 19.4. The molecule has 0 bridgehead atoms. The van der Waals surface area contributed by atoms with Crippen LogP contribution in [0.5, 0.6) is 0 Å². The first-order chi connectivity index (χ1) is 7.20. The van der Waals surface area contributed by atoms with E-state index >= 15 is 0 Å². The standard InChI is InChI=1S/C10H18F3NO2/c1-4-16-9(15)7(5-6(2)3)8(14)10(11,12)13/h6-8H,4-5,14H2,1-3H3/t7-,8-/m0/s1. The summed E-state index contributed by atoms with van der Waals surface area (Å²) in [4.78, 5) is 11.4. The Hall–Kier alpha value is -0.780. The van der Waals surface area contributed by atoms with Crippen molar-refractivity contribution in [2.24, 2.45) is 17.6 Å². The van der Waals surface area contributed by atoms with Crippen molar-refractivity contribution in [1.82, 2.24) is 0 Å². The maximum absolute atomic E-state index is 12.4. The third kappa shape index (κ3) is 4.83. The molecule has 0 amide bonds. The Labute approximate surface area is 93.1 Å². The molecule has 0 aliphatic heterocycles. The van der Waals surface area contributed by atoms with Crippen molar-refractivity contribution in [1.29, 1.82) is 0 Å². The van der Waals surface area contributed by atoms with E-state index in [9.17, 15) is 18.0 Å². The predicted octanol–water partition coefficient (Wildman–Crippen LogP) is 2.10. The number of nitrogens with two attached hydrogens (primary N) is 1. The first-order valence-electron chi connectivity index (χ1n) is 5.19. The zero-order valence-corrected chi connectivity index (χ0v) is 9.67. The molecule has 0 aromatic carbocycles. The number of hydrogen-bond acceptors (Lipinski definition) is 3. The number of carbonyl (C=O) groups is 1. The van der Waals surface area contributed by atoms with Gasteiger partial charge in [-0.15, -0.1) is 0 Å². The van der Waals surface area contributed by atoms with E-state index in [-0.39, 0.29) is 18.9 Å². The molecule has 0 aromatic heterocycles. The lowest BCUT2D eigenvalue weighted by molar-refractivity contribution is -0.177. The monoisotopic (exact) mass is 241 g/mol. The summed E-state index contributed by atoms with van der Waals surface area (Å²) in [7, 11) is 0. The van der Waals surface area contributed by atoms with Crippen LogP contribution in [0.25, 0.3) is 0 Å². The van der Waals surface area contributed by atoms with Gasteiger partial charge in [-0.25, -0.2) is 0 Å². The second-order valence-corrected chi connectivity index (χ2v) is 4.06. The topological polar surface area (TPSA) is 52.3 Å². The summed E-state index contributed by atoms with van der Waals surface area (Å²) < 4.78 is 41.9. The fourth-order valence-electron chi connectivity index (χ4n) is 1.37. The van der Waals surface area contributed by atoms with Crippen LogP contribution in [0.2, 0.25) is 0 Å². The lowest BCUT2D eigenvalue weighted by atomic mass is 9.90. The summed E-state index contributed by atoms with van der Waals surface area (Å²) in [5.41, 5.74) is 5.05. The molecule has 6 heteroatoms. The van der Waals surface area contributed by atoms with Crippen LogP contribution in [-0.4, -0.2) is 24.8 Å². The van der Waals surface area contributed by atoms with Gasteiger partial charge in [0.1, 0.15) is 6.04 Å². The van der Waals surface area contributed by atoms with Gasteiger partial charge in [0.05, 0.1) is 12.5 Å². The number of hydrogen-bond donors (Lipinski definition) is 1. The highest BCUT2D eigenvalue weighted by Crippen LogP contribution is 2.28. The summed E-state index contributed by atoms with van der Waals surface area (Å²) in [6.45, 7) is 5.06. The smallest absolute Gasteiger partial charge is 0.404 e. The average Bonchev–Trinajstić information content (AvgIpc) is 2.11. The molecule has 0 radical (unpaired) electrons. The SMILES string of the molecule is CCOC(=O)[C@@H](CC(C)C)[C@H](N)C(F)(F)F. The third-order valence-electron chi connectivity index (χ3n) is 2.13. The summed E-state index contributed by atoms with van der Waals surface area (Å²) >= 11 is 0. The first kappa shape index (κ1) is 15.2. The van der Waals surface area contributed by atoms with Gasteiger partial charge in [-0.1, -0.05) is 13.8 Å². The van der Waals surface area contributed by atoms with Crippen LogP contribution in [0.1, 0.15) is 27.2 Å². The Balaban J connectivity index is 4.72. The zero-order valence-electron chi connectivity index (χ0n) is 9.67. The maximum Gasteiger partial charge on any atom is 0.404 e. The van der Waals surface area contributed by atoms with Gasteiger partial charge in [0.2, 0.25) is 0 Å². The second kappa shape index (κ2) is 6.08. The van der Waals surface area contributed by atoms with Crippen LogP contribution in [0.15, 0.2) is 0 Å². The van der Waals surface area contributed by atoms with Gasteiger partial charge in [0.25, 0.3) is 0 Å². The Morgan fingerprint density at radius 3 is 2.19 bits per heavy atom. The molecule has 2 N–H and O–H groups in total. The summed E-state index contributed by atoms with van der Waals surface area (Å²) in [5.74, 6) is -2.25. The van der Waals surface area contributed by atoms with E-state index in [0.717, 1.165) is 0 Å². The molecule has 0 rings (SSSR count). The lowest BCUT2D eigenvalue weighted by Crippen LogP contribution is -2.47. The van der Waals surface area contributed by atoms with Crippen molar-refractivity contribution in [2.75, 3.05) is 6.61 Å². The molecule has 0 saturated carbocycles. The van der Waals surface area contributed by atoms with Gasteiger partial charge >= 0.3 is 12.1 Å². The molecule has 0 aromatic rings. The van der Waals surface area contributed by atoms with Crippen molar-refractivity contribution in [2.45, 2.75) is 39.4 Å². The number of carbonyl (C=O) groups excluding carboxylic acids is 1. The quantitative estimate of drug-likeness (QED) is 0.750. The summed E-state index contributed by atoms with van der Waals surface area (Å²) in [5, 5.41) is 0. The van der Waals surface area contributed by atoms with Crippen LogP contribution >= 0.6 is 0 Å². The highest BCUT2D eigenvalue weighted by molar-refractivity contribution is 5.73. The Morgan fingerprint density at radius 1 is 1.38 bits per heavy atom. The van der Waals surface area contributed by atoms with Crippen molar-refractivity contribution in [3.05, 3.63) is 0 Å². The number of alkyl halides is 3. The van der Waals surface area contributed by atoms with Gasteiger partial charge in [0, 0.05) is 0 Å². The van der Waals surface area contributed by atoms with Crippen LogP contribution in [0.3, 0.4) is 0 Å². The van der Waals surface area contributed by atoms with Crippen molar-refractivity contribution in [3.63, 3.8) is 0 Å². The third-order valence-corrected chi connectivity index (χ3v) is 2.13. The molecule has 96 valence electrons. The molecular formula is C10H18F3NO2. The minimum absolute atomic E-state index is 0.0530. The van der Waals surface area contributed by atoms with Gasteiger partial charge in [0.15, 0.2) is 0 Å². The largest absolute Gasteiger partial charge is 0.466 e. The normalized spacial score (nSPS) is 16.0. The van der Waals surface area contributed by atoms with E-state index in [1.807, 2.05) is 0 Å². The van der Waals surface area contributed by atoms with Crippen molar-refractivity contribution in [3.8, 4) is 0 Å². The van der Waals surface area contributed by atoms with E-state index in [1.54, 1.807) is 20.8 Å². The van der Waals surface area contributed by atoms with Gasteiger partial charge in [-0.05, 0) is 19.3 Å². The molecule has 0 saturated heterocycles. The predicted molar refractivity (Wildman–Crippen MR) is 53.6 cm³/mol. The zero-order chi connectivity index (χ0) is 12.9.